The summed E-state index contributed by atoms with van der Waals surface area (Å²) in [6, 6.07) is 15.0. The molecule has 4 aromatic rings. The van der Waals surface area contributed by atoms with Gasteiger partial charge in [-0.25, -0.2) is 4.98 Å². The third-order valence-electron chi connectivity index (χ3n) is 6.18. The van der Waals surface area contributed by atoms with Crippen LogP contribution in [0.5, 0.6) is 0 Å². The first-order valence-corrected chi connectivity index (χ1v) is 10.5. The van der Waals surface area contributed by atoms with Crippen molar-refractivity contribution in [3.63, 3.8) is 0 Å². The van der Waals surface area contributed by atoms with E-state index in [4.69, 9.17) is 20.0 Å². The van der Waals surface area contributed by atoms with Crippen LogP contribution in [0.25, 0.3) is 22.2 Å². The number of hydrogen-bond acceptors (Lipinski definition) is 5. The van der Waals surface area contributed by atoms with Gasteiger partial charge in [-0.2, -0.15) is 0 Å². The van der Waals surface area contributed by atoms with Crippen LogP contribution in [0.3, 0.4) is 0 Å². The van der Waals surface area contributed by atoms with Crippen molar-refractivity contribution in [2.45, 2.75) is 32.7 Å². The molecule has 0 unspecified atom stereocenters. The Balaban J connectivity index is 1.70. The van der Waals surface area contributed by atoms with E-state index in [0.29, 0.717) is 11.6 Å². The second-order valence-corrected chi connectivity index (χ2v) is 8.09. The second kappa shape index (κ2) is 7.61. The molecule has 0 amide bonds. The number of fused-ring (bicyclic) bond motifs is 1. The van der Waals surface area contributed by atoms with Gasteiger partial charge in [-0.05, 0) is 55.9 Å². The fourth-order valence-electron chi connectivity index (χ4n) is 4.76. The van der Waals surface area contributed by atoms with Gasteiger partial charge in [0.25, 0.3) is 0 Å². The molecule has 3 heterocycles. The molecule has 0 aliphatic carbocycles. The number of nitrogen functional groups attached to an aromatic ring is 1. The standard InChI is InChI=1S/C24H26N4O2/c1-15-22(16(2)30-27-15)19-12-20(25)23-21(13-19)28(14-26-23)24(17-6-4-3-5-7-17)18-8-10-29-11-9-18/h3-7,12-14,18,24H,8-11,25H2,1-2H3/t24-/m1/s1. The lowest BCUT2D eigenvalue weighted by atomic mass is 9.86. The van der Waals surface area contributed by atoms with Crippen molar-refractivity contribution < 1.29 is 9.26 Å². The first kappa shape index (κ1) is 18.9. The predicted octanol–water partition coefficient (Wildman–Crippen LogP) is 4.91. The van der Waals surface area contributed by atoms with Crippen molar-refractivity contribution in [3.8, 4) is 11.1 Å². The smallest absolute Gasteiger partial charge is 0.141 e. The van der Waals surface area contributed by atoms with Crippen molar-refractivity contribution in [3.05, 3.63) is 65.8 Å². The van der Waals surface area contributed by atoms with Crippen LogP contribution in [0.1, 0.15) is 35.9 Å². The molecule has 0 radical (unpaired) electrons. The van der Waals surface area contributed by atoms with Gasteiger partial charge in [0, 0.05) is 18.8 Å². The molecule has 0 saturated carbocycles. The lowest BCUT2D eigenvalue weighted by Gasteiger charge is -2.32. The summed E-state index contributed by atoms with van der Waals surface area (Å²) in [4.78, 5) is 4.69. The van der Waals surface area contributed by atoms with E-state index in [1.807, 2.05) is 26.2 Å². The lowest BCUT2D eigenvalue weighted by Crippen LogP contribution is -2.26. The Hall–Kier alpha value is -3.12. The van der Waals surface area contributed by atoms with E-state index in [1.54, 1.807) is 0 Å². The van der Waals surface area contributed by atoms with Gasteiger partial charge in [0.05, 0.1) is 29.3 Å². The number of anilines is 1. The molecule has 0 spiro atoms. The molecule has 0 bridgehead atoms. The summed E-state index contributed by atoms with van der Waals surface area (Å²) in [7, 11) is 0. The molecule has 1 aliphatic heterocycles. The van der Waals surface area contributed by atoms with Crippen LogP contribution in [-0.2, 0) is 4.74 Å². The first-order chi connectivity index (χ1) is 14.6. The number of aryl methyl sites for hydroxylation is 2. The Morgan fingerprint density at radius 1 is 1.10 bits per heavy atom. The summed E-state index contributed by atoms with van der Waals surface area (Å²) in [5.41, 5.74) is 13.1. The number of imidazole rings is 1. The van der Waals surface area contributed by atoms with Crippen LogP contribution in [0.2, 0.25) is 0 Å². The van der Waals surface area contributed by atoms with E-state index < -0.39 is 0 Å². The highest BCUT2D eigenvalue weighted by molar-refractivity contribution is 5.93. The van der Waals surface area contributed by atoms with Crippen LogP contribution < -0.4 is 5.73 Å². The maximum absolute atomic E-state index is 6.45. The molecule has 2 aromatic heterocycles. The Morgan fingerprint density at radius 3 is 2.57 bits per heavy atom. The summed E-state index contributed by atoms with van der Waals surface area (Å²) in [5, 5.41) is 4.12. The average Bonchev–Trinajstić information content (AvgIpc) is 3.33. The van der Waals surface area contributed by atoms with Crippen molar-refractivity contribution in [1.29, 1.82) is 0 Å². The van der Waals surface area contributed by atoms with Crippen LogP contribution in [0.15, 0.2) is 53.3 Å². The van der Waals surface area contributed by atoms with Crippen LogP contribution in [0.4, 0.5) is 5.69 Å². The van der Waals surface area contributed by atoms with E-state index in [2.05, 4.69) is 46.1 Å². The first-order valence-electron chi connectivity index (χ1n) is 10.5. The van der Waals surface area contributed by atoms with Gasteiger partial charge in [0.2, 0.25) is 0 Å². The minimum Gasteiger partial charge on any atom is -0.397 e. The monoisotopic (exact) mass is 402 g/mol. The summed E-state index contributed by atoms with van der Waals surface area (Å²) in [6.45, 7) is 5.49. The molecule has 5 rings (SSSR count). The summed E-state index contributed by atoms with van der Waals surface area (Å²) in [5.74, 6) is 1.27. The number of hydrogen-bond donors (Lipinski definition) is 1. The largest absolute Gasteiger partial charge is 0.397 e. The van der Waals surface area contributed by atoms with Crippen molar-refractivity contribution >= 4 is 16.7 Å². The topological polar surface area (TPSA) is 79.1 Å². The van der Waals surface area contributed by atoms with Gasteiger partial charge >= 0.3 is 0 Å². The van der Waals surface area contributed by atoms with E-state index >= 15 is 0 Å². The molecule has 30 heavy (non-hydrogen) atoms. The highest BCUT2D eigenvalue weighted by Gasteiger charge is 2.28. The third-order valence-corrected chi connectivity index (χ3v) is 6.18. The van der Waals surface area contributed by atoms with E-state index in [-0.39, 0.29) is 6.04 Å². The molecular weight excluding hydrogens is 376 g/mol. The summed E-state index contributed by atoms with van der Waals surface area (Å²) >= 11 is 0. The van der Waals surface area contributed by atoms with Gasteiger partial charge in [-0.15, -0.1) is 0 Å². The zero-order valence-corrected chi connectivity index (χ0v) is 17.3. The number of nitrogens with zero attached hydrogens (tertiary/aromatic N) is 3. The van der Waals surface area contributed by atoms with Gasteiger partial charge in [0.1, 0.15) is 11.3 Å². The minimum absolute atomic E-state index is 0.180. The fourth-order valence-corrected chi connectivity index (χ4v) is 4.76. The van der Waals surface area contributed by atoms with E-state index in [0.717, 1.165) is 59.7 Å². The number of aromatic nitrogens is 3. The Bertz CT molecular complexity index is 1150. The molecule has 1 saturated heterocycles. The maximum atomic E-state index is 6.45. The Labute approximate surface area is 175 Å². The number of rotatable bonds is 4. The van der Waals surface area contributed by atoms with Gasteiger partial charge < -0.3 is 19.6 Å². The molecule has 6 heteroatoms. The number of nitrogens with two attached hydrogens (primary N) is 1. The molecule has 1 fully saturated rings. The van der Waals surface area contributed by atoms with Gasteiger partial charge in [0.15, 0.2) is 0 Å². The normalized spacial score (nSPS) is 16.2. The predicted molar refractivity (Wildman–Crippen MR) is 117 cm³/mol. The molecule has 1 atom stereocenters. The summed E-state index contributed by atoms with van der Waals surface area (Å²) < 4.78 is 13.3. The van der Waals surface area contributed by atoms with Crippen molar-refractivity contribution in [2.75, 3.05) is 18.9 Å². The van der Waals surface area contributed by atoms with Crippen molar-refractivity contribution in [1.82, 2.24) is 14.7 Å². The molecule has 154 valence electrons. The maximum Gasteiger partial charge on any atom is 0.141 e. The SMILES string of the molecule is Cc1noc(C)c1-c1cc(N)c2ncn([C@H](c3ccccc3)C3CCOCC3)c2c1. The zero-order valence-electron chi connectivity index (χ0n) is 17.3. The number of benzene rings is 2. The molecular formula is C24H26N4O2. The quantitative estimate of drug-likeness (QED) is 0.491. The third kappa shape index (κ3) is 3.17. The second-order valence-electron chi connectivity index (χ2n) is 8.09. The lowest BCUT2D eigenvalue weighted by molar-refractivity contribution is 0.0547. The van der Waals surface area contributed by atoms with Gasteiger partial charge in [-0.3, -0.25) is 0 Å². The van der Waals surface area contributed by atoms with Crippen molar-refractivity contribution in [2.24, 2.45) is 5.92 Å². The Morgan fingerprint density at radius 2 is 1.87 bits per heavy atom. The molecule has 2 aromatic carbocycles. The minimum atomic E-state index is 0.180. The fraction of sp³-hybridized carbons (Fsp3) is 0.333. The average molecular weight is 402 g/mol. The zero-order chi connectivity index (χ0) is 20.7. The van der Waals surface area contributed by atoms with E-state index in [1.165, 1.54) is 5.56 Å². The van der Waals surface area contributed by atoms with Crippen LogP contribution >= 0.6 is 0 Å². The Kier molecular flexibility index (Phi) is 4.79. The molecule has 2 N–H and O–H groups in total. The summed E-state index contributed by atoms with van der Waals surface area (Å²) in [6.07, 6.45) is 3.99. The van der Waals surface area contributed by atoms with E-state index in [9.17, 15) is 0 Å². The highest BCUT2D eigenvalue weighted by Crippen LogP contribution is 2.38. The number of ether oxygens (including phenoxy) is 1. The molecule has 1 aliphatic rings. The van der Waals surface area contributed by atoms with Crippen LogP contribution in [0, 0.1) is 19.8 Å². The molecule has 6 nitrogen and oxygen atoms in total. The van der Waals surface area contributed by atoms with Gasteiger partial charge in [-0.1, -0.05) is 35.5 Å². The van der Waals surface area contributed by atoms with Crippen LogP contribution in [-0.4, -0.2) is 27.9 Å². The highest BCUT2D eigenvalue weighted by atomic mass is 16.5.